The molecular formula is C27H30N8O2S. The van der Waals surface area contributed by atoms with E-state index in [1.165, 1.54) is 17.7 Å². The van der Waals surface area contributed by atoms with Gasteiger partial charge in [0.1, 0.15) is 6.10 Å². The fourth-order valence-electron chi connectivity index (χ4n) is 4.34. The number of hydrogen-bond donors (Lipinski definition) is 1. The van der Waals surface area contributed by atoms with Gasteiger partial charge in [0.25, 0.3) is 0 Å². The average Bonchev–Trinajstić information content (AvgIpc) is 3.39. The Balaban J connectivity index is 1.47. The van der Waals surface area contributed by atoms with E-state index in [9.17, 15) is 4.79 Å². The van der Waals surface area contributed by atoms with Crippen molar-refractivity contribution in [3.8, 4) is 5.88 Å². The quantitative estimate of drug-likeness (QED) is 0.177. The van der Waals surface area contributed by atoms with Gasteiger partial charge in [-0.3, -0.25) is 4.79 Å². The lowest BCUT2D eigenvalue weighted by Gasteiger charge is -2.32. The molecule has 0 saturated carbocycles. The minimum Gasteiger partial charge on any atom is -0.474 e. The van der Waals surface area contributed by atoms with E-state index in [-0.39, 0.29) is 6.10 Å². The van der Waals surface area contributed by atoms with Crippen LogP contribution in [0.2, 0.25) is 0 Å². The number of rotatable bonds is 10. The molecule has 11 heteroatoms. The summed E-state index contributed by atoms with van der Waals surface area (Å²) in [4.78, 5) is 28.3. The normalized spacial score (nSPS) is 14.5. The molecule has 1 aromatic carbocycles. The van der Waals surface area contributed by atoms with Crippen molar-refractivity contribution >= 4 is 51.2 Å². The van der Waals surface area contributed by atoms with Crippen LogP contribution in [0.3, 0.4) is 0 Å². The van der Waals surface area contributed by atoms with Gasteiger partial charge in [0.15, 0.2) is 17.9 Å². The summed E-state index contributed by atoms with van der Waals surface area (Å²) in [7, 11) is 4.00. The van der Waals surface area contributed by atoms with Gasteiger partial charge in [-0.25, -0.2) is 15.0 Å². The van der Waals surface area contributed by atoms with Crippen LogP contribution in [-0.2, 0) is 0 Å². The second-order valence-electron chi connectivity index (χ2n) is 9.19. The second-order valence-corrected chi connectivity index (χ2v) is 10.0. The number of nitrogens with one attached hydrogen (secondary N) is 1. The van der Waals surface area contributed by atoms with Gasteiger partial charge in [-0.15, -0.1) is 6.58 Å². The van der Waals surface area contributed by atoms with Gasteiger partial charge in [0, 0.05) is 56.2 Å². The van der Waals surface area contributed by atoms with Crippen LogP contribution < -0.4 is 15.1 Å². The van der Waals surface area contributed by atoms with E-state index in [4.69, 9.17) is 14.7 Å². The molecule has 3 aromatic heterocycles. The first kappa shape index (κ1) is 25.7. The molecule has 0 bridgehead atoms. The highest BCUT2D eigenvalue weighted by Gasteiger charge is 2.24. The molecule has 1 aliphatic heterocycles. The zero-order chi connectivity index (χ0) is 26.5. The molecule has 0 amide bonds. The lowest BCUT2D eigenvalue weighted by Crippen LogP contribution is -2.38. The summed E-state index contributed by atoms with van der Waals surface area (Å²) in [5.74, 6) is 1.85. The number of carbonyl (C=O) groups is 1. The molecule has 0 unspecified atom stereocenters. The topological polar surface area (TPSA) is 99.6 Å². The Morgan fingerprint density at radius 2 is 2.05 bits per heavy atom. The molecule has 1 saturated heterocycles. The molecule has 4 aromatic rings. The third-order valence-electron chi connectivity index (χ3n) is 6.35. The van der Waals surface area contributed by atoms with Crippen LogP contribution in [0.5, 0.6) is 5.88 Å². The van der Waals surface area contributed by atoms with Gasteiger partial charge in [0.05, 0.1) is 10.3 Å². The van der Waals surface area contributed by atoms with Crippen LogP contribution in [0.15, 0.2) is 61.4 Å². The van der Waals surface area contributed by atoms with Gasteiger partial charge in [-0.2, -0.15) is 14.3 Å². The molecule has 0 radical (unpaired) electrons. The number of hydrogen-bond acceptors (Lipinski definition) is 11. The van der Waals surface area contributed by atoms with Crippen LogP contribution in [0.4, 0.5) is 23.3 Å². The number of nitrogens with zero attached hydrogens (tertiary/aromatic N) is 7. The van der Waals surface area contributed by atoms with Crippen LogP contribution in [0.1, 0.15) is 23.2 Å². The van der Waals surface area contributed by atoms with Crippen molar-refractivity contribution in [2.24, 2.45) is 0 Å². The lowest BCUT2D eigenvalue weighted by atomic mass is 10.1. The van der Waals surface area contributed by atoms with Gasteiger partial charge in [-0.1, -0.05) is 12.1 Å². The molecule has 1 aliphatic rings. The van der Waals surface area contributed by atoms with Crippen LogP contribution in [-0.4, -0.2) is 75.4 Å². The van der Waals surface area contributed by atoms with Crippen molar-refractivity contribution in [1.82, 2.24) is 29.2 Å². The smallest absolute Gasteiger partial charge is 0.229 e. The number of fused-ring (bicyclic) bond motifs is 1. The van der Waals surface area contributed by atoms with Crippen molar-refractivity contribution in [3.63, 3.8) is 0 Å². The number of likely N-dealkylation sites (tertiary alicyclic amines) is 1. The molecule has 0 aliphatic carbocycles. The van der Waals surface area contributed by atoms with E-state index in [1.54, 1.807) is 11.1 Å². The highest BCUT2D eigenvalue weighted by molar-refractivity contribution is 7.13. The Bertz CT molecular complexity index is 1420. The van der Waals surface area contributed by atoms with Crippen molar-refractivity contribution in [3.05, 3.63) is 67.0 Å². The Hall–Kier alpha value is -3.93. The second kappa shape index (κ2) is 11.6. The van der Waals surface area contributed by atoms with E-state index in [0.29, 0.717) is 35.6 Å². The number of hydrazine groups is 1. The number of ether oxygens (including phenoxy) is 1. The highest BCUT2D eigenvalue weighted by atomic mass is 32.1. The van der Waals surface area contributed by atoms with Gasteiger partial charge in [0.2, 0.25) is 11.8 Å². The summed E-state index contributed by atoms with van der Waals surface area (Å²) in [6.07, 6.45) is 7.88. The molecular weight excluding hydrogens is 500 g/mol. The minimum absolute atomic E-state index is 0.115. The van der Waals surface area contributed by atoms with E-state index in [1.807, 2.05) is 54.7 Å². The lowest BCUT2D eigenvalue weighted by molar-refractivity contribution is 0.110. The van der Waals surface area contributed by atoms with Crippen molar-refractivity contribution < 1.29 is 9.53 Å². The van der Waals surface area contributed by atoms with Crippen molar-refractivity contribution in [2.75, 3.05) is 44.1 Å². The molecule has 4 heterocycles. The zero-order valence-electron chi connectivity index (χ0n) is 21.4. The number of carbonyl (C=O) groups excluding carboxylic acids is 1. The van der Waals surface area contributed by atoms with Crippen LogP contribution in [0.25, 0.3) is 10.1 Å². The summed E-state index contributed by atoms with van der Waals surface area (Å²) in [6, 6.07) is 11.6. The standard InChI is InChI=1S/C27H30N8O2S/c1-4-12-34(3)35(24-6-5-7-25(31-24)37-22-10-13-33(2)14-11-22)26-20(18-36)16-28-27(32-26)30-21-9-8-19-17-29-38-23(19)15-21/h4-9,15-18,22H,1,10-14H2,2-3H3,(H,28,30,32). The van der Waals surface area contributed by atoms with E-state index >= 15 is 0 Å². The number of piperidine rings is 1. The molecule has 38 heavy (non-hydrogen) atoms. The average molecular weight is 531 g/mol. The monoisotopic (exact) mass is 530 g/mol. The van der Waals surface area contributed by atoms with E-state index < -0.39 is 0 Å². The maximum atomic E-state index is 12.1. The first-order valence-corrected chi connectivity index (χ1v) is 13.2. The number of benzene rings is 1. The fourth-order valence-corrected chi connectivity index (χ4v) is 5.02. The Morgan fingerprint density at radius 1 is 1.21 bits per heavy atom. The molecule has 1 fully saturated rings. The largest absolute Gasteiger partial charge is 0.474 e. The molecule has 196 valence electrons. The fraction of sp³-hybridized carbons (Fsp3) is 0.296. The predicted octanol–water partition coefficient (Wildman–Crippen LogP) is 4.68. The maximum Gasteiger partial charge on any atom is 0.229 e. The highest BCUT2D eigenvalue weighted by Crippen LogP contribution is 2.30. The Morgan fingerprint density at radius 3 is 2.84 bits per heavy atom. The molecule has 0 spiro atoms. The Kier molecular flexibility index (Phi) is 7.87. The summed E-state index contributed by atoms with van der Waals surface area (Å²) in [6.45, 7) is 6.35. The summed E-state index contributed by atoms with van der Waals surface area (Å²) in [5.41, 5.74) is 1.15. The number of pyridine rings is 1. The van der Waals surface area contributed by atoms with Crippen molar-refractivity contribution in [2.45, 2.75) is 18.9 Å². The molecule has 0 atom stereocenters. The number of anilines is 4. The maximum absolute atomic E-state index is 12.1. The first-order valence-electron chi connectivity index (χ1n) is 12.4. The minimum atomic E-state index is 0.115. The van der Waals surface area contributed by atoms with Gasteiger partial charge >= 0.3 is 0 Å². The third kappa shape index (κ3) is 5.80. The molecule has 10 nitrogen and oxygen atoms in total. The molecule has 1 N–H and O–H groups in total. The number of likely N-dealkylation sites (N-methyl/N-ethyl adjacent to an activating group) is 1. The first-order chi connectivity index (χ1) is 18.5. The SMILES string of the molecule is C=CCN(C)N(c1cccc(OC2CCN(C)CC2)n1)c1nc(Nc2ccc3cnsc3c2)ncc1C=O. The summed E-state index contributed by atoms with van der Waals surface area (Å²) in [5, 5.41) is 7.99. The number of aldehydes is 1. The van der Waals surface area contributed by atoms with E-state index in [2.05, 4.69) is 33.2 Å². The van der Waals surface area contributed by atoms with Gasteiger partial charge < -0.3 is 15.0 Å². The van der Waals surface area contributed by atoms with E-state index in [0.717, 1.165) is 48.0 Å². The van der Waals surface area contributed by atoms with Gasteiger partial charge in [-0.05, 0) is 55.7 Å². The third-order valence-corrected chi connectivity index (χ3v) is 7.11. The Labute approximate surface area is 225 Å². The number of aromatic nitrogens is 4. The molecule has 5 rings (SSSR count). The van der Waals surface area contributed by atoms with Crippen LogP contribution >= 0.6 is 11.5 Å². The summed E-state index contributed by atoms with van der Waals surface area (Å²) < 4.78 is 11.5. The van der Waals surface area contributed by atoms with Crippen molar-refractivity contribution in [1.29, 1.82) is 0 Å². The summed E-state index contributed by atoms with van der Waals surface area (Å²) >= 11 is 1.42. The van der Waals surface area contributed by atoms with Crippen LogP contribution in [0, 0.1) is 0 Å². The zero-order valence-corrected chi connectivity index (χ0v) is 22.3. The predicted molar refractivity (Wildman–Crippen MR) is 151 cm³/mol.